The lowest BCUT2D eigenvalue weighted by Gasteiger charge is -2.39. The fraction of sp³-hybridized carbons (Fsp3) is 0.400. The monoisotopic (exact) mass is 746 g/mol. The van der Waals surface area contributed by atoms with Crippen molar-refractivity contribution in [1.82, 2.24) is 5.32 Å². The third-order valence-corrected chi connectivity index (χ3v) is 15.7. The van der Waals surface area contributed by atoms with Gasteiger partial charge < -0.3 is 14.2 Å². The molecule has 3 aromatic carbocycles. The number of rotatable bonds is 12. The molecule has 12 heteroatoms. The average Bonchev–Trinajstić information content (AvgIpc) is 3.77. The Hall–Kier alpha value is -3.06. The normalized spacial score (nSPS) is 14.7. The van der Waals surface area contributed by atoms with Crippen LogP contribution >= 0.6 is 15.9 Å². The summed E-state index contributed by atoms with van der Waals surface area (Å²) in [6, 6.07) is 13.6. The maximum atomic E-state index is 14.3. The highest BCUT2D eigenvalue weighted by Crippen LogP contribution is 2.47. The molecule has 0 aliphatic heterocycles. The highest BCUT2D eigenvalue weighted by atomic mass is 79.9. The van der Waals surface area contributed by atoms with Gasteiger partial charge in [0.25, 0.3) is 5.91 Å². The molecule has 5 rings (SSSR count). The Balaban J connectivity index is 1.42. The number of nitrogens with one attached hydrogen (secondary N) is 2. The maximum absolute atomic E-state index is 14.3. The summed E-state index contributed by atoms with van der Waals surface area (Å²) in [6.07, 6.45) is 1.94. The van der Waals surface area contributed by atoms with Gasteiger partial charge >= 0.3 is 0 Å². The van der Waals surface area contributed by atoms with E-state index < -0.39 is 30.3 Å². The molecule has 0 spiro atoms. The van der Waals surface area contributed by atoms with E-state index in [0.29, 0.717) is 44.2 Å². The molecule has 1 saturated carbocycles. The van der Waals surface area contributed by atoms with Crippen LogP contribution in [0.2, 0.25) is 18.1 Å². The molecule has 0 bridgehead atoms. The minimum Gasteiger partial charge on any atom is -0.455 e. The van der Waals surface area contributed by atoms with Crippen LogP contribution in [-0.2, 0) is 14.4 Å². The van der Waals surface area contributed by atoms with E-state index in [1.807, 2.05) is 6.07 Å². The quantitative estimate of drug-likeness (QED) is 0.141. The largest absolute Gasteiger partial charge is 0.455 e. The molecule has 0 radical (unpaired) electrons. The Morgan fingerprint density at radius 3 is 2.34 bits per heavy atom. The van der Waals surface area contributed by atoms with Gasteiger partial charge in [-0.3, -0.25) is 9.52 Å². The van der Waals surface area contributed by atoms with E-state index in [1.165, 1.54) is 43.4 Å². The highest BCUT2D eigenvalue weighted by Gasteiger charge is 2.40. The van der Waals surface area contributed by atoms with E-state index >= 15 is 0 Å². The lowest BCUT2D eigenvalue weighted by molar-refractivity contribution is 0.0964. The van der Waals surface area contributed by atoms with Gasteiger partial charge in [-0.05, 0) is 109 Å². The number of hydrogen-bond acceptors (Lipinski definition) is 5. The van der Waals surface area contributed by atoms with Gasteiger partial charge in [0.2, 0.25) is 10.0 Å². The van der Waals surface area contributed by atoms with Gasteiger partial charge in [-0.25, -0.2) is 17.2 Å². The lowest BCUT2D eigenvalue weighted by atomic mass is 10.0. The molecule has 1 unspecified atom stereocenters. The minimum absolute atomic E-state index is 0.101. The Bertz CT molecular complexity index is 1900. The molecule has 1 atom stereocenters. The molecule has 1 amide bonds. The molecule has 2 N–H and O–H groups in total. The van der Waals surface area contributed by atoms with Crippen molar-refractivity contribution in [2.75, 3.05) is 17.5 Å². The Morgan fingerprint density at radius 2 is 1.72 bits per heavy atom. The van der Waals surface area contributed by atoms with Gasteiger partial charge in [-0.15, -0.1) is 0 Å². The topological polar surface area (TPSA) is 97.6 Å². The number of halogens is 3. The molecular weight excluding hydrogens is 706 g/mol. The highest BCUT2D eigenvalue weighted by molar-refractivity contribution is 9.10. The molecule has 4 aromatic rings. The van der Waals surface area contributed by atoms with Crippen molar-refractivity contribution >= 4 is 56.8 Å². The van der Waals surface area contributed by atoms with Gasteiger partial charge in [0.15, 0.2) is 8.32 Å². The summed E-state index contributed by atoms with van der Waals surface area (Å²) in [6.45, 7) is 10.6. The first-order valence-corrected chi connectivity index (χ1v) is 21.1. The number of furan rings is 1. The van der Waals surface area contributed by atoms with Crippen molar-refractivity contribution in [2.45, 2.75) is 76.6 Å². The first-order chi connectivity index (χ1) is 22.0. The van der Waals surface area contributed by atoms with Crippen LogP contribution in [0.1, 0.15) is 80.0 Å². The predicted octanol–water partition coefficient (Wildman–Crippen LogP) is 9.66. The minimum atomic E-state index is -3.82. The van der Waals surface area contributed by atoms with Crippen LogP contribution in [0.4, 0.5) is 14.5 Å². The van der Waals surface area contributed by atoms with Crippen molar-refractivity contribution in [3.05, 3.63) is 87.4 Å². The van der Waals surface area contributed by atoms with Crippen molar-refractivity contribution < 1.29 is 30.8 Å². The third-order valence-electron chi connectivity index (χ3n) is 9.13. The zero-order valence-electron chi connectivity index (χ0n) is 27.5. The number of carbonyl (C=O) groups excluding carboxylic acids is 1. The summed E-state index contributed by atoms with van der Waals surface area (Å²) >= 11 is 3.54. The molecule has 1 aromatic heterocycles. The zero-order chi connectivity index (χ0) is 34.3. The molecule has 1 heterocycles. The molecule has 7 nitrogen and oxygen atoms in total. The lowest BCUT2D eigenvalue weighted by Crippen LogP contribution is -2.42. The van der Waals surface area contributed by atoms with E-state index in [2.05, 4.69) is 59.8 Å². The Kier molecular flexibility index (Phi) is 10.1. The fourth-order valence-corrected chi connectivity index (χ4v) is 8.36. The van der Waals surface area contributed by atoms with Gasteiger partial charge in [0, 0.05) is 28.5 Å². The van der Waals surface area contributed by atoms with E-state index in [4.69, 9.17) is 8.84 Å². The van der Waals surface area contributed by atoms with Gasteiger partial charge in [-0.2, -0.15) is 0 Å². The number of hydrogen-bond donors (Lipinski definition) is 2. The second-order valence-corrected chi connectivity index (χ2v) is 21.2. The fourth-order valence-electron chi connectivity index (χ4n) is 5.38. The number of benzene rings is 3. The van der Waals surface area contributed by atoms with Crippen LogP contribution in [0.5, 0.6) is 0 Å². The number of amides is 1. The molecule has 0 saturated heterocycles. The molecule has 252 valence electrons. The summed E-state index contributed by atoms with van der Waals surface area (Å²) in [7, 11) is -4.60. The van der Waals surface area contributed by atoms with Crippen LogP contribution in [0.25, 0.3) is 22.3 Å². The first-order valence-electron chi connectivity index (χ1n) is 15.7. The first kappa shape index (κ1) is 35.2. The summed E-state index contributed by atoms with van der Waals surface area (Å²) < 4.78 is 71.5. The standard InChI is InChI=1S/C35H41BrF2N2O5SSi/c1-35(2,3)47(5,6)45-30(26-18-24(38)15-16-28(26)36)8-7-17-46(42,43)40-29-20-31-27(19-25(29)21-9-10-21)32(34(41)39-4)33(44-31)22-11-13-23(37)14-12-22/h11-16,18-21,30,40H,7-10,17H2,1-6H3,(H,39,41). The second kappa shape index (κ2) is 13.4. The van der Waals surface area contributed by atoms with E-state index in [9.17, 15) is 22.0 Å². The smallest absolute Gasteiger partial charge is 0.255 e. The van der Waals surface area contributed by atoms with Crippen LogP contribution in [0.3, 0.4) is 0 Å². The summed E-state index contributed by atoms with van der Waals surface area (Å²) in [5.41, 5.74) is 3.02. The van der Waals surface area contributed by atoms with Gasteiger partial charge in [-0.1, -0.05) is 36.7 Å². The molecule has 1 aliphatic carbocycles. The van der Waals surface area contributed by atoms with Crippen LogP contribution in [0.15, 0.2) is 63.5 Å². The SMILES string of the molecule is CNC(=O)c1c(-c2ccc(F)cc2)oc2cc(NS(=O)(=O)CCCC(O[Si](C)(C)C(C)(C)C)c3cc(F)ccc3Br)c(C3CC3)cc12. The van der Waals surface area contributed by atoms with Crippen LogP contribution < -0.4 is 10.0 Å². The van der Waals surface area contributed by atoms with Gasteiger partial charge in [0.1, 0.15) is 23.0 Å². The Labute approximate surface area is 284 Å². The number of anilines is 1. The van der Waals surface area contributed by atoms with Crippen LogP contribution in [-0.4, -0.2) is 35.4 Å². The van der Waals surface area contributed by atoms with Crippen molar-refractivity contribution in [3.63, 3.8) is 0 Å². The zero-order valence-corrected chi connectivity index (χ0v) is 30.9. The van der Waals surface area contributed by atoms with Gasteiger partial charge in [0.05, 0.1) is 23.1 Å². The van der Waals surface area contributed by atoms with E-state index in [1.54, 1.807) is 12.1 Å². The molecule has 1 aliphatic rings. The third kappa shape index (κ3) is 7.98. The van der Waals surface area contributed by atoms with Crippen molar-refractivity contribution in [3.8, 4) is 11.3 Å². The van der Waals surface area contributed by atoms with E-state index in [0.717, 1.165) is 18.4 Å². The number of sulfonamides is 1. The summed E-state index contributed by atoms with van der Waals surface area (Å²) in [5, 5.41) is 3.11. The van der Waals surface area contributed by atoms with Crippen molar-refractivity contribution in [2.24, 2.45) is 0 Å². The maximum Gasteiger partial charge on any atom is 0.255 e. The van der Waals surface area contributed by atoms with E-state index in [-0.39, 0.29) is 40.6 Å². The summed E-state index contributed by atoms with van der Waals surface area (Å²) in [4.78, 5) is 13.0. The molecule has 47 heavy (non-hydrogen) atoms. The van der Waals surface area contributed by atoms with Crippen molar-refractivity contribution in [1.29, 1.82) is 0 Å². The summed E-state index contributed by atoms with van der Waals surface area (Å²) in [5.74, 6) is -0.923. The number of carbonyl (C=O) groups is 1. The molecule has 1 fully saturated rings. The van der Waals surface area contributed by atoms with Crippen LogP contribution in [0, 0.1) is 11.6 Å². The predicted molar refractivity (Wildman–Crippen MR) is 189 cm³/mol. The molecular formula is C35H41BrF2N2O5SSi. The average molecular weight is 748 g/mol. The number of fused-ring (bicyclic) bond motifs is 1. The Morgan fingerprint density at radius 1 is 1.06 bits per heavy atom. The second-order valence-electron chi connectivity index (χ2n) is 13.7.